The first-order valence-electron chi connectivity index (χ1n) is 5.66. The van der Waals surface area contributed by atoms with Crippen molar-refractivity contribution in [3.8, 4) is 5.75 Å². The summed E-state index contributed by atoms with van der Waals surface area (Å²) in [6, 6.07) is 10.1. The third-order valence-electron chi connectivity index (χ3n) is 2.65. The molecule has 0 aliphatic heterocycles. The van der Waals surface area contributed by atoms with Crippen molar-refractivity contribution in [3.05, 3.63) is 59.4 Å². The highest BCUT2D eigenvalue weighted by atomic mass is 32.2. The molecule has 100 valence electrons. The molecule has 0 amide bonds. The number of rotatable bonds is 3. The van der Waals surface area contributed by atoms with Crippen LogP contribution < -0.4 is 4.18 Å². The van der Waals surface area contributed by atoms with Crippen molar-refractivity contribution in [1.29, 1.82) is 0 Å². The molecule has 0 aromatic heterocycles. The van der Waals surface area contributed by atoms with E-state index in [0.717, 1.165) is 5.56 Å². The summed E-state index contributed by atoms with van der Waals surface area (Å²) in [5.74, 6) is -0.306. The molecule has 0 saturated heterocycles. The topological polar surface area (TPSA) is 43.4 Å². The summed E-state index contributed by atoms with van der Waals surface area (Å²) < 4.78 is 42.0. The van der Waals surface area contributed by atoms with Crippen LogP contribution in [0.15, 0.2) is 47.4 Å². The molecular formula is C14H13FO3S. The zero-order chi connectivity index (χ0) is 14.0. The summed E-state index contributed by atoms with van der Waals surface area (Å²) in [7, 11) is -3.88. The molecular weight excluding hydrogens is 267 g/mol. The van der Waals surface area contributed by atoms with E-state index in [1.807, 2.05) is 6.92 Å². The SMILES string of the molecule is Cc1ccc(S(=O)(=O)Oc2ccc(F)c(C)c2)cc1. The second-order valence-electron chi connectivity index (χ2n) is 4.26. The normalized spacial score (nSPS) is 11.3. The smallest absolute Gasteiger partial charge is 0.339 e. The van der Waals surface area contributed by atoms with Crippen LogP contribution in [0, 0.1) is 19.7 Å². The van der Waals surface area contributed by atoms with Crippen molar-refractivity contribution in [2.24, 2.45) is 0 Å². The van der Waals surface area contributed by atoms with Crippen LogP contribution in [0.4, 0.5) is 4.39 Å². The molecule has 0 fully saturated rings. The lowest BCUT2D eigenvalue weighted by molar-refractivity contribution is 0.484. The van der Waals surface area contributed by atoms with Crippen molar-refractivity contribution in [2.75, 3.05) is 0 Å². The van der Waals surface area contributed by atoms with Crippen LogP contribution in [0.1, 0.15) is 11.1 Å². The zero-order valence-electron chi connectivity index (χ0n) is 10.6. The number of aryl methyl sites for hydroxylation is 2. The van der Waals surface area contributed by atoms with E-state index in [4.69, 9.17) is 4.18 Å². The Labute approximate surface area is 111 Å². The minimum absolute atomic E-state index is 0.0695. The average Bonchev–Trinajstić information content (AvgIpc) is 2.34. The highest BCUT2D eigenvalue weighted by Gasteiger charge is 2.16. The minimum Gasteiger partial charge on any atom is -0.379 e. The molecule has 0 N–H and O–H groups in total. The quantitative estimate of drug-likeness (QED) is 0.811. The monoisotopic (exact) mass is 280 g/mol. The lowest BCUT2D eigenvalue weighted by Gasteiger charge is -2.08. The maximum atomic E-state index is 13.1. The maximum absolute atomic E-state index is 13.1. The Balaban J connectivity index is 2.30. The van der Waals surface area contributed by atoms with Gasteiger partial charge in [0.2, 0.25) is 0 Å². The van der Waals surface area contributed by atoms with E-state index >= 15 is 0 Å². The molecule has 0 radical (unpaired) electrons. The van der Waals surface area contributed by atoms with Gasteiger partial charge in [-0.3, -0.25) is 0 Å². The highest BCUT2D eigenvalue weighted by Crippen LogP contribution is 2.21. The third kappa shape index (κ3) is 3.12. The standard InChI is InChI=1S/C14H13FO3S/c1-10-3-6-13(7-4-10)19(16,17)18-12-5-8-14(15)11(2)9-12/h3-9H,1-2H3. The van der Waals surface area contributed by atoms with Gasteiger partial charge in [0.25, 0.3) is 0 Å². The number of benzene rings is 2. The Hall–Kier alpha value is -1.88. The number of halogens is 1. The minimum atomic E-state index is -3.88. The van der Waals surface area contributed by atoms with Crippen LogP contribution in [0.5, 0.6) is 5.75 Å². The van der Waals surface area contributed by atoms with Gasteiger partial charge in [0.15, 0.2) is 0 Å². The first-order valence-corrected chi connectivity index (χ1v) is 7.06. The fraction of sp³-hybridized carbons (Fsp3) is 0.143. The Morgan fingerprint density at radius 1 is 1.00 bits per heavy atom. The van der Waals surface area contributed by atoms with E-state index in [-0.39, 0.29) is 10.6 Å². The predicted octanol–water partition coefficient (Wildman–Crippen LogP) is 3.21. The molecule has 0 heterocycles. The Kier molecular flexibility index (Phi) is 3.57. The summed E-state index contributed by atoms with van der Waals surface area (Å²) >= 11 is 0. The lowest BCUT2D eigenvalue weighted by Crippen LogP contribution is -2.09. The summed E-state index contributed by atoms with van der Waals surface area (Å²) in [6.45, 7) is 3.40. The Morgan fingerprint density at radius 3 is 2.21 bits per heavy atom. The number of hydrogen-bond acceptors (Lipinski definition) is 3. The van der Waals surface area contributed by atoms with E-state index in [1.54, 1.807) is 19.1 Å². The summed E-state index contributed by atoms with van der Waals surface area (Å²) in [6.07, 6.45) is 0. The van der Waals surface area contributed by atoms with Crippen LogP contribution in [-0.2, 0) is 10.1 Å². The van der Waals surface area contributed by atoms with Crippen LogP contribution in [0.2, 0.25) is 0 Å². The van der Waals surface area contributed by atoms with E-state index in [2.05, 4.69) is 0 Å². The van der Waals surface area contributed by atoms with Crippen LogP contribution >= 0.6 is 0 Å². The van der Waals surface area contributed by atoms with Crippen molar-refractivity contribution in [3.63, 3.8) is 0 Å². The van der Waals surface area contributed by atoms with Crippen LogP contribution in [0.25, 0.3) is 0 Å². The van der Waals surface area contributed by atoms with Crippen LogP contribution in [0.3, 0.4) is 0 Å². The maximum Gasteiger partial charge on any atom is 0.339 e. The molecule has 2 rings (SSSR count). The molecule has 0 atom stereocenters. The molecule has 0 aliphatic rings. The largest absolute Gasteiger partial charge is 0.379 e. The van der Waals surface area contributed by atoms with Gasteiger partial charge < -0.3 is 4.18 Å². The fourth-order valence-electron chi connectivity index (χ4n) is 1.55. The van der Waals surface area contributed by atoms with Gasteiger partial charge in [0, 0.05) is 0 Å². The van der Waals surface area contributed by atoms with E-state index < -0.39 is 15.9 Å². The summed E-state index contributed by atoms with van der Waals surface area (Å²) in [4.78, 5) is 0.0695. The molecule has 0 unspecified atom stereocenters. The van der Waals surface area contributed by atoms with E-state index in [9.17, 15) is 12.8 Å². The van der Waals surface area contributed by atoms with Gasteiger partial charge in [-0.1, -0.05) is 17.7 Å². The predicted molar refractivity (Wildman–Crippen MR) is 70.1 cm³/mol. The molecule has 3 nitrogen and oxygen atoms in total. The van der Waals surface area contributed by atoms with Gasteiger partial charge in [0.05, 0.1) is 0 Å². The van der Waals surface area contributed by atoms with E-state index in [0.29, 0.717) is 5.56 Å². The molecule has 2 aromatic rings. The van der Waals surface area contributed by atoms with Crippen molar-refractivity contribution in [2.45, 2.75) is 18.7 Å². The van der Waals surface area contributed by atoms with Crippen LogP contribution in [-0.4, -0.2) is 8.42 Å². The lowest BCUT2D eigenvalue weighted by atomic mass is 10.2. The second-order valence-corrected chi connectivity index (χ2v) is 5.81. The molecule has 2 aromatic carbocycles. The van der Waals surface area contributed by atoms with Crippen molar-refractivity contribution in [1.82, 2.24) is 0 Å². The van der Waals surface area contributed by atoms with Gasteiger partial charge in [-0.15, -0.1) is 0 Å². The molecule has 0 aliphatic carbocycles. The second kappa shape index (κ2) is 5.01. The molecule has 0 bridgehead atoms. The van der Waals surface area contributed by atoms with Gasteiger partial charge in [-0.05, 0) is 49.7 Å². The first-order chi connectivity index (χ1) is 8.88. The molecule has 0 saturated carbocycles. The van der Waals surface area contributed by atoms with Crippen molar-refractivity contribution < 1.29 is 17.0 Å². The third-order valence-corrected chi connectivity index (χ3v) is 3.91. The number of hydrogen-bond donors (Lipinski definition) is 0. The Bertz CT molecular complexity index is 691. The Morgan fingerprint density at radius 2 is 1.63 bits per heavy atom. The fourth-order valence-corrected chi connectivity index (χ4v) is 2.47. The first kappa shape index (κ1) is 13.5. The zero-order valence-corrected chi connectivity index (χ0v) is 11.4. The summed E-state index contributed by atoms with van der Waals surface area (Å²) in [5.41, 5.74) is 1.29. The average molecular weight is 280 g/mol. The highest BCUT2D eigenvalue weighted by molar-refractivity contribution is 7.87. The van der Waals surface area contributed by atoms with Gasteiger partial charge >= 0.3 is 10.1 Å². The van der Waals surface area contributed by atoms with Gasteiger partial charge in [0.1, 0.15) is 16.5 Å². The van der Waals surface area contributed by atoms with Gasteiger partial charge in [-0.2, -0.15) is 8.42 Å². The van der Waals surface area contributed by atoms with E-state index in [1.165, 1.54) is 30.3 Å². The molecule has 5 heteroatoms. The summed E-state index contributed by atoms with van der Waals surface area (Å²) in [5, 5.41) is 0. The van der Waals surface area contributed by atoms with Gasteiger partial charge in [-0.25, -0.2) is 4.39 Å². The molecule has 0 spiro atoms. The molecule has 19 heavy (non-hydrogen) atoms. The van der Waals surface area contributed by atoms with Crippen molar-refractivity contribution >= 4 is 10.1 Å².